The quantitative estimate of drug-likeness (QED) is 0.427. The molecule has 0 aliphatic heterocycles. The van der Waals surface area contributed by atoms with Crippen LogP contribution in [0.3, 0.4) is 0 Å². The first kappa shape index (κ1) is 21.0. The molecule has 0 unspecified atom stereocenters. The standard InChI is InChI=1S/C18H17BrClN3OS2.ClH/c19-14-16-18(26-17(14)10-4-1-5-12(24)15(10)21)11(7-13(20)23-16)22-8-9-3-2-6-25-9;/h2-3,6-7,10,15H,1,4-5,8,21H2,(H,22,23);1H/t10-,15+;/m0./s1. The van der Waals surface area contributed by atoms with Gasteiger partial charge in [0.05, 0.1) is 26.4 Å². The summed E-state index contributed by atoms with van der Waals surface area (Å²) in [7, 11) is 0. The number of pyridine rings is 1. The first-order chi connectivity index (χ1) is 12.5. The van der Waals surface area contributed by atoms with Crippen LogP contribution in [0.4, 0.5) is 5.69 Å². The molecule has 1 fully saturated rings. The number of Topliss-reactive ketones (excluding diaryl/α,β-unsaturated/α-hetero) is 1. The molecule has 1 aliphatic rings. The molecular weight excluding hydrogens is 489 g/mol. The van der Waals surface area contributed by atoms with Crippen LogP contribution in [0, 0.1) is 0 Å². The number of nitrogens with zero attached hydrogens (tertiary/aromatic N) is 1. The Hall–Kier alpha value is -0.700. The largest absolute Gasteiger partial charge is 0.379 e. The molecule has 3 heterocycles. The molecule has 0 aromatic carbocycles. The van der Waals surface area contributed by atoms with E-state index in [1.807, 2.05) is 12.1 Å². The van der Waals surface area contributed by atoms with Gasteiger partial charge in [0.2, 0.25) is 0 Å². The van der Waals surface area contributed by atoms with Crippen molar-refractivity contribution in [1.29, 1.82) is 0 Å². The molecule has 0 saturated heterocycles. The van der Waals surface area contributed by atoms with Crippen molar-refractivity contribution in [2.24, 2.45) is 5.73 Å². The number of rotatable bonds is 4. The number of thiophene rings is 2. The molecular formula is C18H18BrCl2N3OS2. The first-order valence-corrected chi connectivity index (χ1v) is 11.2. The summed E-state index contributed by atoms with van der Waals surface area (Å²) in [6.07, 6.45) is 2.39. The summed E-state index contributed by atoms with van der Waals surface area (Å²) >= 11 is 13.3. The minimum Gasteiger partial charge on any atom is -0.379 e. The van der Waals surface area contributed by atoms with Crippen LogP contribution in [-0.4, -0.2) is 16.8 Å². The van der Waals surface area contributed by atoms with E-state index < -0.39 is 6.04 Å². The van der Waals surface area contributed by atoms with Gasteiger partial charge in [0.1, 0.15) is 10.9 Å². The third-order valence-corrected chi connectivity index (χ3v) is 8.17. The minimum absolute atomic E-state index is 0. The topological polar surface area (TPSA) is 68.0 Å². The van der Waals surface area contributed by atoms with Crippen LogP contribution in [-0.2, 0) is 11.3 Å². The fraction of sp³-hybridized carbons (Fsp3) is 0.333. The van der Waals surface area contributed by atoms with Crippen molar-refractivity contribution in [2.45, 2.75) is 37.8 Å². The van der Waals surface area contributed by atoms with Crippen molar-refractivity contribution in [3.05, 3.63) is 43.0 Å². The molecule has 3 aromatic rings. The van der Waals surface area contributed by atoms with Crippen molar-refractivity contribution in [2.75, 3.05) is 5.32 Å². The monoisotopic (exact) mass is 505 g/mol. The number of nitrogens with one attached hydrogen (secondary N) is 1. The predicted octanol–water partition coefficient (Wildman–Crippen LogP) is 5.97. The van der Waals surface area contributed by atoms with Gasteiger partial charge in [-0.1, -0.05) is 17.7 Å². The van der Waals surface area contributed by atoms with Gasteiger partial charge in [-0.2, -0.15) is 0 Å². The van der Waals surface area contributed by atoms with E-state index >= 15 is 0 Å². The van der Waals surface area contributed by atoms with E-state index in [4.69, 9.17) is 17.3 Å². The number of carbonyl (C=O) groups is 1. The maximum absolute atomic E-state index is 12.1. The zero-order valence-corrected chi connectivity index (χ0v) is 19.0. The van der Waals surface area contributed by atoms with E-state index in [1.165, 1.54) is 4.88 Å². The summed E-state index contributed by atoms with van der Waals surface area (Å²) in [4.78, 5) is 18.9. The van der Waals surface area contributed by atoms with Gasteiger partial charge in [0.25, 0.3) is 0 Å². The lowest BCUT2D eigenvalue weighted by Gasteiger charge is -2.26. The number of aromatic nitrogens is 1. The number of anilines is 1. The fourth-order valence-corrected chi connectivity index (χ4v) is 6.45. The molecule has 4 nitrogen and oxygen atoms in total. The Morgan fingerprint density at radius 1 is 1.44 bits per heavy atom. The van der Waals surface area contributed by atoms with Gasteiger partial charge >= 0.3 is 0 Å². The van der Waals surface area contributed by atoms with Gasteiger partial charge in [-0.25, -0.2) is 4.98 Å². The molecule has 0 spiro atoms. The number of carbonyl (C=O) groups excluding carboxylic acids is 1. The summed E-state index contributed by atoms with van der Waals surface area (Å²) in [6.45, 7) is 0.736. The van der Waals surface area contributed by atoms with E-state index in [0.29, 0.717) is 11.6 Å². The van der Waals surface area contributed by atoms with Crippen LogP contribution in [0.1, 0.15) is 34.9 Å². The SMILES string of the molecule is Cl.N[C@H]1C(=O)CCC[C@@H]1c1sc2c(NCc3cccs3)cc(Cl)nc2c1Br. The maximum Gasteiger partial charge on any atom is 0.150 e. The molecule has 0 bridgehead atoms. The highest BCUT2D eigenvalue weighted by atomic mass is 79.9. The van der Waals surface area contributed by atoms with E-state index in [9.17, 15) is 4.79 Å². The summed E-state index contributed by atoms with van der Waals surface area (Å²) in [6, 6.07) is 5.56. The Balaban J connectivity index is 0.00000210. The van der Waals surface area contributed by atoms with E-state index in [1.54, 1.807) is 22.7 Å². The summed E-state index contributed by atoms with van der Waals surface area (Å²) < 4.78 is 1.95. The lowest BCUT2D eigenvalue weighted by atomic mass is 9.83. The molecule has 1 saturated carbocycles. The highest BCUT2D eigenvalue weighted by molar-refractivity contribution is 9.10. The predicted molar refractivity (Wildman–Crippen MR) is 121 cm³/mol. The van der Waals surface area contributed by atoms with Crippen molar-refractivity contribution in [1.82, 2.24) is 4.98 Å². The molecule has 2 atom stereocenters. The molecule has 0 radical (unpaired) electrons. The van der Waals surface area contributed by atoms with Crippen LogP contribution < -0.4 is 11.1 Å². The molecule has 4 rings (SSSR count). The van der Waals surface area contributed by atoms with Crippen molar-refractivity contribution < 1.29 is 4.79 Å². The highest BCUT2D eigenvalue weighted by Gasteiger charge is 2.33. The average Bonchev–Trinajstić information content (AvgIpc) is 3.24. The molecule has 1 aliphatic carbocycles. The van der Waals surface area contributed by atoms with Crippen molar-refractivity contribution in [3.8, 4) is 0 Å². The zero-order valence-electron chi connectivity index (χ0n) is 14.2. The average molecular weight is 507 g/mol. The third kappa shape index (κ3) is 4.18. The van der Waals surface area contributed by atoms with Gasteiger partial charge in [-0.05, 0) is 40.2 Å². The molecule has 9 heteroatoms. The third-order valence-electron chi connectivity index (χ3n) is 4.69. The minimum atomic E-state index is -0.439. The second kappa shape index (κ2) is 8.76. The Labute approximate surface area is 185 Å². The fourth-order valence-electron chi connectivity index (χ4n) is 3.35. The number of nitrogens with two attached hydrogens (primary N) is 1. The smallest absolute Gasteiger partial charge is 0.150 e. The molecule has 27 heavy (non-hydrogen) atoms. The molecule has 3 N–H and O–H groups in total. The number of halogens is 3. The molecule has 144 valence electrons. The number of hydrogen-bond donors (Lipinski definition) is 2. The van der Waals surface area contributed by atoms with Gasteiger partial charge in [-0.3, -0.25) is 4.79 Å². The molecule has 0 amide bonds. The summed E-state index contributed by atoms with van der Waals surface area (Å²) in [5.41, 5.74) is 8.00. The highest BCUT2D eigenvalue weighted by Crippen LogP contribution is 2.46. The van der Waals surface area contributed by atoms with Gasteiger partial charge in [-0.15, -0.1) is 35.1 Å². The lowest BCUT2D eigenvalue weighted by molar-refractivity contribution is -0.122. The summed E-state index contributed by atoms with van der Waals surface area (Å²) in [5, 5.41) is 5.98. The van der Waals surface area contributed by atoms with Crippen LogP contribution in [0.25, 0.3) is 10.2 Å². The Kier molecular flexibility index (Phi) is 6.82. The van der Waals surface area contributed by atoms with Crippen LogP contribution in [0.2, 0.25) is 5.15 Å². The van der Waals surface area contributed by atoms with Crippen LogP contribution >= 0.6 is 62.6 Å². The Bertz CT molecular complexity index is 961. The number of hydrogen-bond acceptors (Lipinski definition) is 6. The van der Waals surface area contributed by atoms with E-state index in [0.717, 1.165) is 44.6 Å². The van der Waals surface area contributed by atoms with Gasteiger partial charge < -0.3 is 11.1 Å². The van der Waals surface area contributed by atoms with Crippen LogP contribution in [0.5, 0.6) is 0 Å². The number of fused-ring (bicyclic) bond motifs is 1. The van der Waals surface area contributed by atoms with Crippen LogP contribution in [0.15, 0.2) is 28.1 Å². The zero-order chi connectivity index (χ0) is 18.3. The first-order valence-electron chi connectivity index (χ1n) is 8.37. The second-order valence-corrected chi connectivity index (χ2v) is 9.64. The maximum atomic E-state index is 12.1. The lowest BCUT2D eigenvalue weighted by Crippen LogP contribution is -2.39. The second-order valence-electron chi connectivity index (χ2n) is 6.37. The summed E-state index contributed by atoms with van der Waals surface area (Å²) in [5.74, 6) is 0.182. The van der Waals surface area contributed by atoms with Gasteiger partial charge in [0.15, 0.2) is 0 Å². The van der Waals surface area contributed by atoms with Crippen molar-refractivity contribution in [3.63, 3.8) is 0 Å². The molecule has 3 aromatic heterocycles. The Morgan fingerprint density at radius 2 is 2.26 bits per heavy atom. The van der Waals surface area contributed by atoms with Gasteiger partial charge in [0, 0.05) is 34.7 Å². The van der Waals surface area contributed by atoms with E-state index in [2.05, 4.69) is 37.7 Å². The number of ketones is 1. The normalized spacial score (nSPS) is 19.9. The van der Waals surface area contributed by atoms with E-state index in [-0.39, 0.29) is 24.1 Å². The Morgan fingerprint density at radius 3 is 3.00 bits per heavy atom. The van der Waals surface area contributed by atoms with Crippen molar-refractivity contribution >= 4 is 84.3 Å².